The largest absolute Gasteiger partial charge is 1.00 e. The summed E-state index contributed by atoms with van der Waals surface area (Å²) < 4.78 is 30.2. The van der Waals surface area contributed by atoms with E-state index in [1.165, 1.54) is 6.08 Å². The predicted molar refractivity (Wildman–Crippen MR) is 43.3 cm³/mol. The Morgan fingerprint density at radius 3 is 2.27 bits per heavy atom. The number of hydrogen-bond donors (Lipinski definition) is 2. The van der Waals surface area contributed by atoms with Crippen molar-refractivity contribution in [3.05, 3.63) is 24.3 Å². The van der Waals surface area contributed by atoms with Crippen molar-refractivity contribution in [3.8, 4) is 0 Å². The minimum Gasteiger partial charge on any atom is -0.549 e. The molecule has 1 aliphatic carbocycles. The molecule has 2 atom stereocenters. The van der Waals surface area contributed by atoms with Gasteiger partial charge in [0.15, 0.2) is 0 Å². The van der Waals surface area contributed by atoms with Crippen molar-refractivity contribution in [3.63, 3.8) is 0 Å². The van der Waals surface area contributed by atoms with Crippen LogP contribution in [-0.2, 0) is 14.9 Å². The molecule has 0 saturated carbocycles. The average molecular weight is 242 g/mol. The van der Waals surface area contributed by atoms with Crippen LogP contribution in [0.25, 0.3) is 0 Å². The first-order chi connectivity index (χ1) is 6.29. The van der Waals surface area contributed by atoms with Crippen molar-refractivity contribution in [2.24, 2.45) is 5.92 Å². The van der Waals surface area contributed by atoms with Crippen LogP contribution >= 0.6 is 0 Å². The monoisotopic (exact) mass is 242 g/mol. The Bertz CT molecular complexity index is 411. The second kappa shape index (κ2) is 4.77. The summed E-state index contributed by atoms with van der Waals surface area (Å²) in [6.45, 7) is 0. The van der Waals surface area contributed by atoms with E-state index in [0.717, 1.165) is 12.2 Å². The van der Waals surface area contributed by atoms with Crippen LogP contribution in [0, 0.1) is 5.92 Å². The second-order valence-corrected chi connectivity index (χ2v) is 4.37. The number of allylic oxidation sites excluding steroid dienone is 2. The van der Waals surface area contributed by atoms with E-state index in [2.05, 4.69) is 0 Å². The molecule has 0 bridgehead atoms. The maximum Gasteiger partial charge on any atom is 1.00 e. The molecule has 2 unspecified atom stereocenters. The standard InChI is InChI=1S/C7H8O6S.Na/c8-6(9)5-3-1-2-4-7(5,10)14(11,12)13;/h1-5,10H,(H,8,9)(H,11,12,13);/q;+1/p-1. The Balaban J connectivity index is 0.00000196. The van der Waals surface area contributed by atoms with Gasteiger partial charge in [0, 0.05) is 0 Å². The van der Waals surface area contributed by atoms with Crippen molar-refractivity contribution < 1.29 is 57.5 Å². The quantitative estimate of drug-likeness (QED) is 0.370. The van der Waals surface area contributed by atoms with Gasteiger partial charge in [-0.2, -0.15) is 8.42 Å². The van der Waals surface area contributed by atoms with Gasteiger partial charge in [-0.25, -0.2) is 0 Å². The first kappa shape index (κ1) is 14.8. The zero-order valence-corrected chi connectivity index (χ0v) is 10.6. The molecule has 0 fully saturated rings. The van der Waals surface area contributed by atoms with Crippen LogP contribution in [0.3, 0.4) is 0 Å². The Morgan fingerprint density at radius 2 is 1.93 bits per heavy atom. The predicted octanol–water partition coefficient (Wildman–Crippen LogP) is -4.94. The molecule has 6 nitrogen and oxygen atoms in total. The smallest absolute Gasteiger partial charge is 0.549 e. The second-order valence-electron chi connectivity index (χ2n) is 2.77. The van der Waals surface area contributed by atoms with Gasteiger partial charge < -0.3 is 15.0 Å². The molecule has 1 rings (SSSR count). The molecule has 0 heterocycles. The third kappa shape index (κ3) is 2.68. The number of carbonyl (C=O) groups is 1. The summed E-state index contributed by atoms with van der Waals surface area (Å²) in [5.41, 5.74) is 0. The van der Waals surface area contributed by atoms with Crippen LogP contribution in [-0.4, -0.2) is 29.0 Å². The molecule has 0 radical (unpaired) electrons. The molecule has 8 heteroatoms. The minimum atomic E-state index is -4.92. The zero-order chi connectivity index (χ0) is 11.0. The van der Waals surface area contributed by atoms with Gasteiger partial charge in [0.1, 0.15) is 0 Å². The van der Waals surface area contributed by atoms with Crippen LogP contribution < -0.4 is 34.7 Å². The van der Waals surface area contributed by atoms with Gasteiger partial charge in [-0.05, 0) is 6.08 Å². The summed E-state index contributed by atoms with van der Waals surface area (Å²) in [5.74, 6) is -3.60. The van der Waals surface area contributed by atoms with Gasteiger partial charge in [-0.1, -0.05) is 18.2 Å². The molecule has 0 aromatic carbocycles. The molecule has 2 N–H and O–H groups in total. The minimum absolute atomic E-state index is 0. The number of hydrogen-bond acceptors (Lipinski definition) is 5. The SMILES string of the molecule is O=C([O-])C1C=CC=CC1(O)S(=O)(=O)O.[Na+]. The fraction of sp³-hybridized carbons (Fsp3) is 0.286. The van der Waals surface area contributed by atoms with Gasteiger partial charge in [0.05, 0.1) is 11.9 Å². The average Bonchev–Trinajstić information content (AvgIpc) is 2.02. The number of carbonyl (C=O) groups excluding carboxylic acids is 1. The first-order valence-electron chi connectivity index (χ1n) is 3.55. The number of aliphatic carboxylic acids is 1. The van der Waals surface area contributed by atoms with Crippen LogP contribution in [0.1, 0.15) is 0 Å². The van der Waals surface area contributed by atoms with E-state index in [1.807, 2.05) is 0 Å². The molecule has 1 aliphatic rings. The molecule has 78 valence electrons. The van der Waals surface area contributed by atoms with E-state index in [-0.39, 0.29) is 29.6 Å². The Kier molecular flexibility index (Phi) is 4.71. The molecule has 15 heavy (non-hydrogen) atoms. The summed E-state index contributed by atoms with van der Waals surface area (Å²) in [6, 6.07) is 0. The topological polar surface area (TPSA) is 115 Å². The van der Waals surface area contributed by atoms with Crippen LogP contribution in [0.5, 0.6) is 0 Å². The van der Waals surface area contributed by atoms with E-state index < -0.39 is 26.9 Å². The number of rotatable bonds is 2. The molecular weight excluding hydrogens is 235 g/mol. The fourth-order valence-electron chi connectivity index (χ4n) is 1.10. The van der Waals surface area contributed by atoms with Crippen molar-refractivity contribution in [2.45, 2.75) is 4.93 Å². The Labute approximate surface area is 108 Å². The molecule has 0 amide bonds. The van der Waals surface area contributed by atoms with Gasteiger partial charge in [-0.3, -0.25) is 4.55 Å². The molecule has 0 aliphatic heterocycles. The zero-order valence-electron chi connectivity index (χ0n) is 7.82. The van der Waals surface area contributed by atoms with E-state index in [0.29, 0.717) is 6.08 Å². The van der Waals surface area contributed by atoms with Gasteiger partial charge in [0.2, 0.25) is 4.93 Å². The summed E-state index contributed by atoms with van der Waals surface area (Å²) >= 11 is 0. The molecule has 0 aromatic rings. The summed E-state index contributed by atoms with van der Waals surface area (Å²) in [5, 5.41) is 19.9. The van der Waals surface area contributed by atoms with E-state index in [1.54, 1.807) is 0 Å². The van der Waals surface area contributed by atoms with Gasteiger partial charge >= 0.3 is 29.6 Å². The number of aliphatic hydroxyl groups is 1. The van der Waals surface area contributed by atoms with Crippen molar-refractivity contribution in [2.75, 3.05) is 0 Å². The van der Waals surface area contributed by atoms with Crippen LogP contribution in [0.15, 0.2) is 24.3 Å². The van der Waals surface area contributed by atoms with Crippen LogP contribution in [0.4, 0.5) is 0 Å². The Hall–Kier alpha value is -0.180. The van der Waals surface area contributed by atoms with Gasteiger partial charge in [0.25, 0.3) is 10.1 Å². The summed E-state index contributed by atoms with van der Waals surface area (Å²) in [7, 11) is -4.92. The number of carboxylic acids is 1. The van der Waals surface area contributed by atoms with Crippen molar-refractivity contribution in [1.82, 2.24) is 0 Å². The van der Waals surface area contributed by atoms with E-state index in [4.69, 9.17) is 4.55 Å². The van der Waals surface area contributed by atoms with E-state index >= 15 is 0 Å². The van der Waals surface area contributed by atoms with E-state index in [9.17, 15) is 23.4 Å². The van der Waals surface area contributed by atoms with Crippen LogP contribution in [0.2, 0.25) is 0 Å². The molecule has 0 saturated heterocycles. The first-order valence-corrected chi connectivity index (χ1v) is 4.99. The Morgan fingerprint density at radius 1 is 1.40 bits per heavy atom. The maximum absolute atomic E-state index is 10.8. The molecular formula is C7H7NaO6S. The fourth-order valence-corrected chi connectivity index (χ4v) is 1.85. The van der Waals surface area contributed by atoms with Crippen molar-refractivity contribution in [1.29, 1.82) is 0 Å². The van der Waals surface area contributed by atoms with Crippen molar-refractivity contribution >= 4 is 16.1 Å². The third-order valence-corrected chi connectivity index (χ3v) is 3.08. The normalized spacial score (nSPS) is 29.6. The van der Waals surface area contributed by atoms with Gasteiger partial charge in [-0.15, -0.1) is 0 Å². The summed E-state index contributed by atoms with van der Waals surface area (Å²) in [4.78, 5) is 7.64. The third-order valence-electron chi connectivity index (χ3n) is 1.86. The molecule has 0 aromatic heterocycles. The maximum atomic E-state index is 10.8. The number of carboxylic acid groups (broad SMARTS) is 1. The summed E-state index contributed by atoms with van der Waals surface area (Å²) in [6.07, 6.45) is 3.96. The molecule has 0 spiro atoms.